The van der Waals surface area contributed by atoms with Gasteiger partial charge in [0.1, 0.15) is 0 Å². The summed E-state index contributed by atoms with van der Waals surface area (Å²) in [6.07, 6.45) is -3.59. The summed E-state index contributed by atoms with van der Waals surface area (Å²) < 4.78 is 61.4. The van der Waals surface area contributed by atoms with E-state index in [4.69, 9.17) is 5.73 Å². The predicted molar refractivity (Wildman–Crippen MR) is 115 cm³/mol. The molecule has 3 rings (SSSR count). The minimum atomic E-state index is -4.93. The summed E-state index contributed by atoms with van der Waals surface area (Å²) in [4.78, 5) is 22.4. The number of aliphatic hydroxyl groups is 1. The van der Waals surface area contributed by atoms with E-state index < -0.39 is 34.1 Å². The Balaban J connectivity index is 1.69. The van der Waals surface area contributed by atoms with Crippen molar-refractivity contribution in [2.45, 2.75) is 25.2 Å². The van der Waals surface area contributed by atoms with Crippen molar-refractivity contribution in [1.82, 2.24) is 20.2 Å². The molecule has 0 aliphatic carbocycles. The molecule has 1 fully saturated rings. The zero-order valence-corrected chi connectivity index (χ0v) is 18.6. The van der Waals surface area contributed by atoms with Crippen molar-refractivity contribution in [3.05, 3.63) is 41.7 Å². The summed E-state index contributed by atoms with van der Waals surface area (Å²) in [6.45, 7) is 0.979. The van der Waals surface area contributed by atoms with Crippen molar-refractivity contribution in [2.75, 3.05) is 36.9 Å². The fourth-order valence-electron chi connectivity index (χ4n) is 3.09. The number of anilines is 1. The highest BCUT2D eigenvalue weighted by Gasteiger charge is 2.50. The number of aromatic nitrogens is 2. The van der Waals surface area contributed by atoms with Gasteiger partial charge in [0.05, 0.1) is 29.9 Å². The Morgan fingerprint density at radius 1 is 1.21 bits per heavy atom. The van der Waals surface area contributed by atoms with Gasteiger partial charge in [-0.05, 0) is 12.5 Å². The van der Waals surface area contributed by atoms with Gasteiger partial charge in [-0.3, -0.25) is 9.69 Å². The third-order valence-electron chi connectivity index (χ3n) is 5.31. The largest absolute Gasteiger partial charge is 0.418 e. The van der Waals surface area contributed by atoms with E-state index in [1.807, 2.05) is 22.3 Å². The maximum atomic E-state index is 12.8. The highest BCUT2D eigenvalue weighted by Crippen LogP contribution is 2.29. The average molecular weight is 488 g/mol. The number of carbonyl (C=O) groups excluding carboxylic acids is 1. The van der Waals surface area contributed by atoms with Gasteiger partial charge in [0.15, 0.2) is 27.0 Å². The van der Waals surface area contributed by atoms with E-state index in [1.165, 1.54) is 6.20 Å². The van der Waals surface area contributed by atoms with Crippen LogP contribution in [0.4, 0.5) is 19.0 Å². The summed E-state index contributed by atoms with van der Waals surface area (Å²) in [7, 11) is -2.95. The first-order valence-electron chi connectivity index (χ1n) is 9.99. The Labute approximate surface area is 188 Å². The second-order valence-electron chi connectivity index (χ2n) is 8.07. The lowest BCUT2D eigenvalue weighted by Gasteiger charge is -2.26. The molecule has 0 bridgehead atoms. The minimum absolute atomic E-state index is 0.134. The first-order valence-corrected chi connectivity index (χ1v) is 11.8. The molecule has 0 unspecified atom stereocenters. The van der Waals surface area contributed by atoms with Crippen LogP contribution < -0.4 is 11.1 Å². The number of carbonyl (C=O) groups is 1. The van der Waals surface area contributed by atoms with Gasteiger partial charge >= 0.3 is 6.18 Å². The van der Waals surface area contributed by atoms with E-state index in [2.05, 4.69) is 9.97 Å². The van der Waals surface area contributed by atoms with Crippen LogP contribution in [-0.4, -0.2) is 77.2 Å². The lowest BCUT2D eigenvalue weighted by Crippen LogP contribution is -2.51. The van der Waals surface area contributed by atoms with E-state index in [1.54, 1.807) is 12.1 Å². The molecule has 4 N–H and O–H groups in total. The molecule has 0 radical (unpaired) electrons. The first-order chi connectivity index (χ1) is 15.3. The zero-order valence-electron chi connectivity index (χ0n) is 17.8. The number of alkyl halides is 3. The molecule has 0 saturated carbocycles. The van der Waals surface area contributed by atoms with Crippen molar-refractivity contribution >= 4 is 21.6 Å². The summed E-state index contributed by atoms with van der Waals surface area (Å²) in [5.74, 6) is -0.993. The summed E-state index contributed by atoms with van der Waals surface area (Å²) in [6, 6.07) is 7.15. The summed E-state index contributed by atoms with van der Waals surface area (Å²) in [5, 5.41) is 11.5. The van der Waals surface area contributed by atoms with Crippen molar-refractivity contribution in [3.8, 4) is 11.3 Å². The third-order valence-corrected chi connectivity index (χ3v) is 6.92. The first kappa shape index (κ1) is 24.9. The number of halogens is 3. The average Bonchev–Trinajstić information content (AvgIpc) is 2.74. The van der Waals surface area contributed by atoms with Crippen LogP contribution in [0.1, 0.15) is 23.0 Å². The van der Waals surface area contributed by atoms with Crippen LogP contribution in [0.3, 0.4) is 0 Å². The van der Waals surface area contributed by atoms with Gasteiger partial charge in [-0.1, -0.05) is 24.3 Å². The highest BCUT2D eigenvalue weighted by atomic mass is 32.2. The maximum absolute atomic E-state index is 12.8. The number of benzene rings is 1. The molecule has 1 aromatic heterocycles. The van der Waals surface area contributed by atoms with E-state index in [0.717, 1.165) is 5.56 Å². The number of nitrogens with one attached hydrogen (secondary N) is 1. The number of nitrogens with zero attached hydrogens (tertiary/aromatic N) is 3. The van der Waals surface area contributed by atoms with Crippen LogP contribution in [0.25, 0.3) is 11.3 Å². The monoisotopic (exact) mass is 487 g/mol. The highest BCUT2D eigenvalue weighted by molar-refractivity contribution is 7.91. The zero-order chi connectivity index (χ0) is 24.4. The van der Waals surface area contributed by atoms with Gasteiger partial charge in [0.25, 0.3) is 5.91 Å². The molecule has 1 amide bonds. The quantitative estimate of drug-likeness (QED) is 0.549. The van der Waals surface area contributed by atoms with Gasteiger partial charge in [0, 0.05) is 25.2 Å². The topological polar surface area (TPSA) is 139 Å². The van der Waals surface area contributed by atoms with E-state index in [0.29, 0.717) is 32.1 Å². The Morgan fingerprint density at radius 3 is 2.39 bits per heavy atom. The molecule has 180 valence electrons. The number of nitrogen functional groups attached to an aromatic ring is 1. The van der Waals surface area contributed by atoms with Crippen LogP contribution in [0.5, 0.6) is 0 Å². The maximum Gasteiger partial charge on any atom is 0.418 e. The standard InChI is InChI=1S/C20H24F3N5O4S/c1-19(30,20(21,22)23)12-26-18(29)16-17(24)25-10-15(27-16)14-4-2-13(3-5-14)11-28-6-8-33(31,32)9-7-28/h2-5,10,30H,6-9,11-12H2,1H3,(H2,24,25)(H,26,29)/t19-/m1/s1. The SMILES string of the molecule is C[C@@](O)(CNC(=O)c1nc(-c2ccc(CN3CCS(=O)(=O)CC3)cc2)cnc1N)C(F)(F)F. The van der Waals surface area contributed by atoms with Crippen LogP contribution >= 0.6 is 0 Å². The molecule has 33 heavy (non-hydrogen) atoms. The second kappa shape index (κ2) is 9.23. The second-order valence-corrected chi connectivity index (χ2v) is 10.4. The normalized spacial score (nSPS) is 18.5. The van der Waals surface area contributed by atoms with E-state index in [-0.39, 0.29) is 28.7 Å². The van der Waals surface area contributed by atoms with Crippen molar-refractivity contribution in [3.63, 3.8) is 0 Å². The van der Waals surface area contributed by atoms with E-state index >= 15 is 0 Å². The Bertz CT molecular complexity index is 1110. The van der Waals surface area contributed by atoms with Crippen molar-refractivity contribution in [2.24, 2.45) is 0 Å². The molecule has 1 atom stereocenters. The van der Waals surface area contributed by atoms with Crippen LogP contribution in [0, 0.1) is 0 Å². The van der Waals surface area contributed by atoms with Crippen LogP contribution in [0.2, 0.25) is 0 Å². The number of amides is 1. The molecule has 1 aliphatic heterocycles. The number of hydrogen-bond acceptors (Lipinski definition) is 8. The molecule has 1 aromatic carbocycles. The molecule has 1 saturated heterocycles. The van der Waals surface area contributed by atoms with Gasteiger partial charge < -0.3 is 16.2 Å². The van der Waals surface area contributed by atoms with Crippen LogP contribution in [-0.2, 0) is 16.4 Å². The number of sulfone groups is 1. The fourth-order valence-corrected chi connectivity index (χ4v) is 4.37. The molecule has 1 aliphatic rings. The number of rotatable bonds is 6. The van der Waals surface area contributed by atoms with E-state index in [9.17, 15) is 31.5 Å². The van der Waals surface area contributed by atoms with Gasteiger partial charge in [-0.2, -0.15) is 13.2 Å². The molecule has 9 nitrogen and oxygen atoms in total. The van der Waals surface area contributed by atoms with Gasteiger partial charge in [0.2, 0.25) is 0 Å². The lowest BCUT2D eigenvalue weighted by molar-refractivity contribution is -0.249. The molecule has 2 heterocycles. The predicted octanol–water partition coefficient (Wildman–Crippen LogP) is 0.999. The Hall–Kier alpha value is -2.77. The number of nitrogens with two attached hydrogens (primary N) is 1. The molecular weight excluding hydrogens is 463 g/mol. The summed E-state index contributed by atoms with van der Waals surface area (Å²) >= 11 is 0. The Morgan fingerprint density at radius 2 is 1.82 bits per heavy atom. The fraction of sp³-hybridized carbons (Fsp3) is 0.450. The lowest BCUT2D eigenvalue weighted by atomic mass is 10.1. The van der Waals surface area contributed by atoms with Gasteiger partial charge in [-0.15, -0.1) is 0 Å². The molecular formula is C20H24F3N5O4S. The van der Waals surface area contributed by atoms with Crippen molar-refractivity contribution < 1.29 is 31.5 Å². The molecule has 0 spiro atoms. The molecule has 2 aromatic rings. The third kappa shape index (κ3) is 6.18. The smallest absolute Gasteiger partial charge is 0.382 e. The van der Waals surface area contributed by atoms with Crippen molar-refractivity contribution in [1.29, 1.82) is 0 Å². The summed E-state index contributed by atoms with van der Waals surface area (Å²) in [5.41, 5.74) is 4.04. The van der Waals surface area contributed by atoms with Gasteiger partial charge in [-0.25, -0.2) is 18.4 Å². The number of hydrogen-bond donors (Lipinski definition) is 3. The Kier molecular flexibility index (Phi) is 6.96. The van der Waals surface area contributed by atoms with Crippen LogP contribution in [0.15, 0.2) is 30.5 Å². The molecule has 13 heteroatoms. The minimum Gasteiger partial charge on any atom is -0.382 e.